The second-order valence-electron chi connectivity index (χ2n) is 4.71. The smallest absolute Gasteiger partial charge is 0.0111 e. The third-order valence-corrected chi connectivity index (χ3v) is 3.61. The molecule has 0 radical (unpaired) electrons. The first-order chi connectivity index (χ1) is 8.92. The maximum Gasteiger partial charge on any atom is -0.0111 e. The number of benzene rings is 2. The topological polar surface area (TPSA) is 0 Å². The zero-order valence-electron chi connectivity index (χ0n) is 9.93. The van der Waals surface area contributed by atoms with Crippen molar-refractivity contribution < 1.29 is 0 Å². The molecule has 0 fully saturated rings. The highest BCUT2D eigenvalue weighted by molar-refractivity contribution is 6.04. The van der Waals surface area contributed by atoms with Crippen molar-refractivity contribution in [2.45, 2.75) is 0 Å². The van der Waals surface area contributed by atoms with Crippen molar-refractivity contribution in [3.63, 3.8) is 0 Å². The van der Waals surface area contributed by atoms with Crippen LogP contribution in [-0.4, -0.2) is 0 Å². The summed E-state index contributed by atoms with van der Waals surface area (Å²) in [6, 6.07) is 17.0. The second-order valence-corrected chi connectivity index (χ2v) is 4.71. The molecule has 2 aromatic carbocycles. The lowest BCUT2D eigenvalue weighted by atomic mass is 9.85. The van der Waals surface area contributed by atoms with Crippen LogP contribution in [0.3, 0.4) is 0 Å². The minimum Gasteiger partial charge on any atom is -0.0616 e. The third-order valence-electron chi connectivity index (χ3n) is 3.61. The van der Waals surface area contributed by atoms with Crippen LogP contribution >= 0.6 is 0 Å². The first-order valence-corrected chi connectivity index (χ1v) is 6.22. The molecule has 0 unspecified atom stereocenters. The van der Waals surface area contributed by atoms with E-state index in [1.54, 1.807) is 0 Å². The van der Waals surface area contributed by atoms with Crippen LogP contribution < -0.4 is 0 Å². The fourth-order valence-corrected chi connectivity index (χ4v) is 2.56. The van der Waals surface area contributed by atoms with Crippen molar-refractivity contribution in [3.8, 4) is 0 Å². The first-order valence-electron chi connectivity index (χ1n) is 6.22. The molecule has 0 heterocycles. The minimum atomic E-state index is 1.33. The summed E-state index contributed by atoms with van der Waals surface area (Å²) < 4.78 is 0. The molecule has 0 nitrogen and oxygen atoms in total. The molecule has 0 saturated carbocycles. The van der Waals surface area contributed by atoms with Crippen molar-refractivity contribution in [1.82, 2.24) is 0 Å². The fourth-order valence-electron chi connectivity index (χ4n) is 2.56. The summed E-state index contributed by atoms with van der Waals surface area (Å²) in [5, 5.41) is 0. The van der Waals surface area contributed by atoms with Gasteiger partial charge in [0.1, 0.15) is 0 Å². The van der Waals surface area contributed by atoms with Gasteiger partial charge in [0.2, 0.25) is 0 Å². The summed E-state index contributed by atoms with van der Waals surface area (Å²) in [4.78, 5) is 0. The largest absolute Gasteiger partial charge is 0.0616 e. The van der Waals surface area contributed by atoms with Crippen LogP contribution in [0.15, 0.2) is 60.7 Å². The van der Waals surface area contributed by atoms with E-state index in [0.29, 0.717) is 0 Å². The van der Waals surface area contributed by atoms with Gasteiger partial charge in [0.15, 0.2) is 0 Å². The van der Waals surface area contributed by atoms with Crippen LogP contribution in [-0.2, 0) is 0 Å². The second kappa shape index (κ2) is 3.58. The van der Waals surface area contributed by atoms with Gasteiger partial charge >= 0.3 is 0 Å². The van der Waals surface area contributed by atoms with Crippen molar-refractivity contribution >= 4 is 23.3 Å². The normalized spacial score (nSPS) is 15.1. The molecule has 18 heavy (non-hydrogen) atoms. The number of allylic oxidation sites excluding steroid dienone is 4. The van der Waals surface area contributed by atoms with Gasteiger partial charge in [-0.1, -0.05) is 60.7 Å². The van der Waals surface area contributed by atoms with Gasteiger partial charge in [0.25, 0.3) is 0 Å². The van der Waals surface area contributed by atoms with E-state index in [9.17, 15) is 0 Å². The predicted octanol–water partition coefficient (Wildman–Crippen LogP) is 4.65. The van der Waals surface area contributed by atoms with Crippen LogP contribution in [0, 0.1) is 0 Å². The number of rotatable bonds is 2. The van der Waals surface area contributed by atoms with Crippen LogP contribution in [0.1, 0.15) is 22.3 Å². The zero-order chi connectivity index (χ0) is 11.9. The van der Waals surface area contributed by atoms with Crippen molar-refractivity contribution in [2.24, 2.45) is 0 Å². The van der Waals surface area contributed by atoms with E-state index < -0.39 is 0 Å². The van der Waals surface area contributed by atoms with Crippen LogP contribution in [0.4, 0.5) is 0 Å². The molecule has 4 rings (SSSR count). The van der Waals surface area contributed by atoms with E-state index >= 15 is 0 Å². The molecule has 0 heteroatoms. The number of hydrogen-bond acceptors (Lipinski definition) is 0. The van der Waals surface area contributed by atoms with Gasteiger partial charge in [-0.05, 0) is 45.6 Å². The van der Waals surface area contributed by atoms with Crippen molar-refractivity contribution in [2.75, 3.05) is 0 Å². The SMILES string of the molecule is C(=CC1=Cc2ccccc21)C1=Cc2ccccc21. The maximum absolute atomic E-state index is 2.23. The van der Waals surface area contributed by atoms with E-state index in [-0.39, 0.29) is 0 Å². The molecule has 0 amide bonds. The molecule has 2 aliphatic carbocycles. The fraction of sp³-hybridized carbons (Fsp3) is 0. The molecule has 0 aromatic heterocycles. The summed E-state index contributed by atoms with van der Waals surface area (Å²) in [6.07, 6.45) is 8.89. The molecular weight excluding hydrogens is 216 g/mol. The van der Waals surface area contributed by atoms with Gasteiger partial charge in [-0.15, -0.1) is 0 Å². The minimum absolute atomic E-state index is 1.33. The number of hydrogen-bond donors (Lipinski definition) is 0. The summed E-state index contributed by atoms with van der Waals surface area (Å²) in [5.41, 5.74) is 8.08. The highest BCUT2D eigenvalue weighted by Crippen LogP contribution is 2.36. The molecule has 0 N–H and O–H groups in total. The first kappa shape index (κ1) is 9.67. The Morgan fingerprint density at radius 1 is 0.556 bits per heavy atom. The average Bonchev–Trinajstić information content (AvgIpc) is 2.35. The number of fused-ring (bicyclic) bond motifs is 2. The lowest BCUT2D eigenvalue weighted by Crippen LogP contribution is -1.98. The molecule has 2 aromatic rings. The van der Waals surface area contributed by atoms with Gasteiger partial charge in [-0.3, -0.25) is 0 Å². The highest BCUT2D eigenvalue weighted by Gasteiger charge is 2.15. The summed E-state index contributed by atoms with van der Waals surface area (Å²) in [5.74, 6) is 0. The molecular formula is C18H12. The van der Waals surface area contributed by atoms with E-state index in [1.165, 1.54) is 33.4 Å². The zero-order valence-corrected chi connectivity index (χ0v) is 9.93. The van der Waals surface area contributed by atoms with Crippen molar-refractivity contribution in [1.29, 1.82) is 0 Å². The average molecular weight is 228 g/mol. The summed E-state index contributed by atoms with van der Waals surface area (Å²) in [7, 11) is 0. The maximum atomic E-state index is 2.23. The Morgan fingerprint density at radius 3 is 1.44 bits per heavy atom. The van der Waals surface area contributed by atoms with Crippen LogP contribution in [0.25, 0.3) is 23.3 Å². The van der Waals surface area contributed by atoms with Gasteiger partial charge in [0.05, 0.1) is 0 Å². The molecule has 84 valence electrons. The van der Waals surface area contributed by atoms with Crippen LogP contribution in [0.5, 0.6) is 0 Å². The predicted molar refractivity (Wildman–Crippen MR) is 77.8 cm³/mol. The Bertz CT molecular complexity index is 664. The molecule has 0 atom stereocenters. The Hall–Kier alpha value is -2.34. The third kappa shape index (κ3) is 1.32. The van der Waals surface area contributed by atoms with Gasteiger partial charge in [0, 0.05) is 0 Å². The Kier molecular flexibility index (Phi) is 1.92. The van der Waals surface area contributed by atoms with E-state index in [1.807, 2.05) is 0 Å². The van der Waals surface area contributed by atoms with Gasteiger partial charge in [-0.25, -0.2) is 0 Å². The van der Waals surface area contributed by atoms with E-state index in [0.717, 1.165) is 0 Å². The van der Waals surface area contributed by atoms with Gasteiger partial charge in [-0.2, -0.15) is 0 Å². The lowest BCUT2D eigenvalue weighted by Gasteiger charge is -2.19. The molecule has 2 aliphatic rings. The quantitative estimate of drug-likeness (QED) is 0.701. The monoisotopic (exact) mass is 228 g/mol. The molecule has 0 bridgehead atoms. The Balaban J connectivity index is 1.58. The highest BCUT2D eigenvalue weighted by atomic mass is 14.2. The van der Waals surface area contributed by atoms with E-state index in [2.05, 4.69) is 72.8 Å². The summed E-state index contributed by atoms with van der Waals surface area (Å²) >= 11 is 0. The molecule has 0 aliphatic heterocycles. The lowest BCUT2D eigenvalue weighted by molar-refractivity contribution is 1.52. The van der Waals surface area contributed by atoms with Gasteiger partial charge < -0.3 is 0 Å². The Labute approximate surface area is 107 Å². The molecule has 0 saturated heterocycles. The molecule has 0 spiro atoms. The van der Waals surface area contributed by atoms with Crippen molar-refractivity contribution in [3.05, 3.63) is 82.9 Å². The van der Waals surface area contributed by atoms with Crippen LogP contribution in [0.2, 0.25) is 0 Å². The standard InChI is InChI=1S/C18H12/c1-3-7-17-13(5-1)11-15(17)9-10-16-12-14-6-2-4-8-18(14)16/h1-12H. The summed E-state index contributed by atoms with van der Waals surface area (Å²) in [6.45, 7) is 0. The van der Waals surface area contributed by atoms with E-state index in [4.69, 9.17) is 0 Å². The Morgan fingerprint density at radius 2 is 1.00 bits per heavy atom.